The number of rotatable bonds is 18. The van der Waals surface area contributed by atoms with Crippen LogP contribution in [0, 0.1) is 16.7 Å². The minimum atomic E-state index is -3.89. The number of aliphatic hydroxyl groups is 1. The van der Waals surface area contributed by atoms with Gasteiger partial charge in [0.05, 0.1) is 25.4 Å². The van der Waals surface area contributed by atoms with Gasteiger partial charge in [0.1, 0.15) is 0 Å². The third-order valence-corrected chi connectivity index (χ3v) is 12.5. The maximum absolute atomic E-state index is 14.1. The molecule has 2 aliphatic rings. The summed E-state index contributed by atoms with van der Waals surface area (Å²) in [6.45, 7) is 21.8. The molecular weight excluding hydrogens is 760 g/mol. The summed E-state index contributed by atoms with van der Waals surface area (Å²) < 4.78 is 32.2. The molecule has 0 amide bonds. The summed E-state index contributed by atoms with van der Waals surface area (Å²) in [5, 5.41) is 10.1. The van der Waals surface area contributed by atoms with Gasteiger partial charge >= 0.3 is 7.82 Å². The van der Waals surface area contributed by atoms with E-state index in [1.807, 2.05) is 66.7 Å². The summed E-state index contributed by atoms with van der Waals surface area (Å²) in [7, 11) is -3.89. The minimum absolute atomic E-state index is 0.0386. The number of aliphatic hydroxyl groups excluding tert-OH is 1. The van der Waals surface area contributed by atoms with E-state index in [-0.39, 0.29) is 36.3 Å². The average Bonchev–Trinajstić information content (AvgIpc) is 3.17. The van der Waals surface area contributed by atoms with Crippen molar-refractivity contribution in [2.24, 2.45) is 16.7 Å². The molecule has 5 nitrogen and oxygen atoms in total. The van der Waals surface area contributed by atoms with Crippen LogP contribution in [0.4, 0.5) is 0 Å². The second kappa shape index (κ2) is 23.0. The van der Waals surface area contributed by atoms with Crippen molar-refractivity contribution in [3.05, 3.63) is 202 Å². The van der Waals surface area contributed by atoms with Crippen LogP contribution in [0.25, 0.3) is 0 Å². The van der Waals surface area contributed by atoms with Crippen LogP contribution in [0.5, 0.6) is 0 Å². The Morgan fingerprint density at radius 2 is 1.18 bits per heavy atom. The van der Waals surface area contributed by atoms with E-state index in [1.54, 1.807) is 0 Å². The zero-order chi connectivity index (χ0) is 43.8. The molecule has 60 heavy (non-hydrogen) atoms. The lowest BCUT2D eigenvalue weighted by Crippen LogP contribution is -2.32. The molecule has 0 bridgehead atoms. The van der Waals surface area contributed by atoms with Crippen LogP contribution in [0.15, 0.2) is 191 Å². The third-order valence-electron chi connectivity index (χ3n) is 11.1. The highest BCUT2D eigenvalue weighted by Crippen LogP contribution is 2.55. The predicted molar refractivity (Wildman–Crippen MR) is 253 cm³/mol. The van der Waals surface area contributed by atoms with Gasteiger partial charge in [-0.2, -0.15) is 0 Å². The van der Waals surface area contributed by atoms with E-state index >= 15 is 0 Å². The van der Waals surface area contributed by atoms with Gasteiger partial charge in [-0.1, -0.05) is 213 Å². The molecule has 0 saturated carbocycles. The molecule has 320 valence electrons. The molecule has 1 N–H and O–H groups in total. The molecular formula is C54H69O5P. The molecule has 3 unspecified atom stereocenters. The van der Waals surface area contributed by atoms with Gasteiger partial charge in [-0.3, -0.25) is 13.6 Å². The summed E-state index contributed by atoms with van der Waals surface area (Å²) in [5.41, 5.74) is 10.0. The second-order valence-electron chi connectivity index (χ2n) is 17.8. The van der Waals surface area contributed by atoms with Crippen LogP contribution < -0.4 is 0 Å². The lowest BCUT2D eigenvalue weighted by Gasteiger charge is -2.38. The maximum Gasteiger partial charge on any atom is 0.475 e. The highest BCUT2D eigenvalue weighted by atomic mass is 31.2. The molecule has 2 aromatic carbocycles. The van der Waals surface area contributed by atoms with Crippen LogP contribution >= 0.6 is 7.82 Å². The standard InChI is InChI=1S/C54H69O5P/c1-41(23-19-25-43(3)31-33-51-45(5)35-49(55)37-53(51,7)8)21-17-18-22-42(2)24-20-26-44(4)32-34-52-46(6)36-50(38-54(52,9)10)59-60(56,57-39-47-27-13-11-14-28-47)58-40-48-29-15-12-16-30-48/h11-35,49-51,55H,36-40H2,1-10H3. The fourth-order valence-corrected chi connectivity index (χ4v) is 9.25. The number of allylic oxidation sites excluding steroid dienone is 20. The van der Waals surface area contributed by atoms with Gasteiger partial charge in [0.25, 0.3) is 0 Å². The van der Waals surface area contributed by atoms with Crippen molar-refractivity contribution < 1.29 is 23.2 Å². The average molecular weight is 829 g/mol. The molecule has 6 heteroatoms. The lowest BCUT2D eigenvalue weighted by atomic mass is 9.67. The highest BCUT2D eigenvalue weighted by Gasteiger charge is 2.39. The molecule has 0 radical (unpaired) electrons. The Hall–Kier alpha value is -4.35. The van der Waals surface area contributed by atoms with Crippen molar-refractivity contribution in [1.82, 2.24) is 0 Å². The monoisotopic (exact) mass is 828 g/mol. The molecule has 0 aromatic heterocycles. The summed E-state index contributed by atoms with van der Waals surface area (Å²) in [6.07, 6.45) is 33.3. The van der Waals surface area contributed by atoms with Crippen molar-refractivity contribution in [2.45, 2.75) is 114 Å². The van der Waals surface area contributed by atoms with Crippen molar-refractivity contribution in [2.75, 3.05) is 0 Å². The van der Waals surface area contributed by atoms with Crippen LogP contribution in [0.2, 0.25) is 0 Å². The lowest BCUT2D eigenvalue weighted by molar-refractivity contribution is 0.0508. The molecule has 0 heterocycles. The molecule has 2 aliphatic carbocycles. The van der Waals surface area contributed by atoms with Crippen molar-refractivity contribution in [1.29, 1.82) is 0 Å². The smallest absolute Gasteiger partial charge is 0.389 e. The number of hydrogen-bond acceptors (Lipinski definition) is 5. The van der Waals surface area contributed by atoms with Crippen LogP contribution in [-0.4, -0.2) is 17.3 Å². The summed E-state index contributed by atoms with van der Waals surface area (Å²) >= 11 is 0. The van der Waals surface area contributed by atoms with Crippen molar-refractivity contribution in [3.63, 3.8) is 0 Å². The maximum atomic E-state index is 14.1. The van der Waals surface area contributed by atoms with E-state index in [0.717, 1.165) is 28.7 Å². The van der Waals surface area contributed by atoms with E-state index in [9.17, 15) is 9.67 Å². The quantitative estimate of drug-likeness (QED) is 0.0921. The van der Waals surface area contributed by atoms with Gasteiger partial charge in [0, 0.05) is 5.92 Å². The minimum Gasteiger partial charge on any atom is -0.389 e. The van der Waals surface area contributed by atoms with Crippen LogP contribution in [0.1, 0.15) is 99.6 Å². The normalized spacial score (nSPS) is 22.3. The first-order valence-corrected chi connectivity index (χ1v) is 22.7. The Kier molecular flexibility index (Phi) is 18.5. The largest absolute Gasteiger partial charge is 0.475 e. The Balaban J connectivity index is 1.30. The highest BCUT2D eigenvalue weighted by molar-refractivity contribution is 7.48. The molecule has 0 spiro atoms. The van der Waals surface area contributed by atoms with Crippen molar-refractivity contribution in [3.8, 4) is 0 Å². The van der Waals surface area contributed by atoms with E-state index < -0.39 is 7.82 Å². The molecule has 0 saturated heterocycles. The Morgan fingerprint density at radius 3 is 1.68 bits per heavy atom. The molecule has 2 aromatic rings. The zero-order valence-electron chi connectivity index (χ0n) is 37.7. The van der Waals surface area contributed by atoms with Gasteiger partial charge in [0.15, 0.2) is 0 Å². The van der Waals surface area contributed by atoms with E-state index in [2.05, 4.69) is 154 Å². The number of benzene rings is 2. The van der Waals surface area contributed by atoms with Crippen molar-refractivity contribution >= 4 is 7.82 Å². The van der Waals surface area contributed by atoms with Gasteiger partial charge in [0.2, 0.25) is 0 Å². The zero-order valence-corrected chi connectivity index (χ0v) is 38.6. The molecule has 4 rings (SSSR count). The van der Waals surface area contributed by atoms with Gasteiger partial charge in [-0.05, 0) is 88.3 Å². The van der Waals surface area contributed by atoms with Gasteiger partial charge in [-0.15, -0.1) is 0 Å². The second-order valence-corrected chi connectivity index (χ2v) is 19.4. The Bertz CT molecular complexity index is 2070. The summed E-state index contributed by atoms with van der Waals surface area (Å²) in [6, 6.07) is 19.3. The van der Waals surface area contributed by atoms with Gasteiger partial charge < -0.3 is 5.11 Å². The molecule has 3 atom stereocenters. The van der Waals surface area contributed by atoms with E-state index in [1.165, 1.54) is 27.9 Å². The first-order valence-electron chi connectivity index (χ1n) is 21.2. The molecule has 0 aliphatic heterocycles. The first kappa shape index (κ1) is 48.3. The van der Waals surface area contributed by atoms with E-state index in [0.29, 0.717) is 18.8 Å². The fraction of sp³-hybridized carbons (Fsp3) is 0.370. The first-order chi connectivity index (χ1) is 28.4. The van der Waals surface area contributed by atoms with E-state index in [4.69, 9.17) is 13.6 Å². The third kappa shape index (κ3) is 16.3. The number of phosphoric ester groups is 1. The topological polar surface area (TPSA) is 65.0 Å². The molecule has 0 fully saturated rings. The fourth-order valence-electron chi connectivity index (χ4n) is 7.92. The SMILES string of the molecule is CC(C=CC=C(C)C=CC1=C(C)CC(OP(=O)(OCc2ccccc2)OCc2ccccc2)CC1(C)C)=CC=CC=C(C)C=CC=C(C)C=CC1C(C)=CC(O)CC1(C)C. The summed E-state index contributed by atoms with van der Waals surface area (Å²) in [4.78, 5) is 0. The van der Waals surface area contributed by atoms with Crippen LogP contribution in [-0.2, 0) is 31.4 Å². The van der Waals surface area contributed by atoms with Crippen LogP contribution in [0.3, 0.4) is 0 Å². The number of hydrogen-bond donors (Lipinski definition) is 1. The summed E-state index contributed by atoms with van der Waals surface area (Å²) in [5.74, 6) is 0.330. The Morgan fingerprint density at radius 1 is 0.700 bits per heavy atom. The van der Waals surface area contributed by atoms with Gasteiger partial charge in [-0.25, -0.2) is 4.57 Å². The number of phosphoric acid groups is 1. The predicted octanol–water partition coefficient (Wildman–Crippen LogP) is 15.0. The Labute approximate surface area is 362 Å².